The van der Waals surface area contributed by atoms with Crippen molar-refractivity contribution < 1.29 is 82.1 Å². The summed E-state index contributed by atoms with van der Waals surface area (Å²) in [5, 5.41) is 49.8. The number of hydrogen-bond donors (Lipinski definition) is 7. The van der Waals surface area contributed by atoms with Crippen molar-refractivity contribution in [2.75, 3.05) is 45.3 Å². The monoisotopic (exact) mass is 1140 g/mol. The highest BCUT2D eigenvalue weighted by Gasteiger charge is 2.54. The van der Waals surface area contributed by atoms with Crippen LogP contribution in [0.4, 0.5) is 10.1 Å². The summed E-state index contributed by atoms with van der Waals surface area (Å²) in [4.78, 5) is 114. The number of likely N-dealkylation sites (tertiary alicyclic amines) is 1. The number of carboxylic acids is 1. The van der Waals surface area contributed by atoms with E-state index in [4.69, 9.17) is 29.4 Å². The van der Waals surface area contributed by atoms with Crippen molar-refractivity contribution in [2.45, 2.75) is 116 Å². The summed E-state index contributed by atoms with van der Waals surface area (Å²) in [7, 11) is 2.69. The number of carbonyl (C=O) groups excluding carboxylic acids is 6. The van der Waals surface area contributed by atoms with Gasteiger partial charge < -0.3 is 74.8 Å². The molecule has 1 unspecified atom stereocenters. The molecule has 5 bridgehead atoms. The summed E-state index contributed by atoms with van der Waals surface area (Å²) in [6, 6.07) is -0.920. The van der Waals surface area contributed by atoms with E-state index < -0.39 is 146 Å². The number of aromatic carboxylic acids is 1. The van der Waals surface area contributed by atoms with Crippen LogP contribution in [0.15, 0.2) is 64.6 Å². The first-order valence-electron chi connectivity index (χ1n) is 27.0. The van der Waals surface area contributed by atoms with Gasteiger partial charge in [0.15, 0.2) is 11.6 Å². The Labute approximate surface area is 470 Å². The van der Waals surface area contributed by atoms with Crippen LogP contribution in [-0.4, -0.2) is 154 Å². The summed E-state index contributed by atoms with van der Waals surface area (Å²) in [5.74, 6) is -13.5. The van der Waals surface area contributed by atoms with Crippen LogP contribution in [0.1, 0.15) is 114 Å². The molecule has 23 nitrogen and oxygen atoms in total. The van der Waals surface area contributed by atoms with Gasteiger partial charge >= 0.3 is 17.7 Å². The molecular weight excluding hydrogens is 1070 g/mol. The number of phenolic OH excluding ortho intramolecular Hbond substituents is 1. The molecule has 5 aliphatic heterocycles. The number of pyridine rings is 1. The van der Waals surface area contributed by atoms with Crippen LogP contribution in [0, 0.1) is 36.4 Å². The molecule has 1 aromatic heterocycles. The number of ether oxygens (including phenoxy) is 5. The molecule has 2 aliphatic carbocycles. The van der Waals surface area contributed by atoms with Crippen molar-refractivity contribution in [2.24, 2.45) is 29.4 Å². The van der Waals surface area contributed by atoms with Crippen molar-refractivity contribution >= 4 is 57.7 Å². The first kappa shape index (κ1) is 58.7. The van der Waals surface area contributed by atoms with Crippen LogP contribution < -0.4 is 36.2 Å². The number of hydrogen-bond acceptors (Lipinski definition) is 19. The maximum atomic E-state index is 16.2. The molecule has 8 N–H and O–H groups in total. The maximum Gasteiger partial charge on any atom is 0.341 e. The quantitative estimate of drug-likeness (QED) is 0.151. The number of allylic oxidation sites excluding steroid dienone is 4. The largest absolute Gasteiger partial charge is 0.507 e. The predicted molar refractivity (Wildman–Crippen MR) is 291 cm³/mol. The summed E-state index contributed by atoms with van der Waals surface area (Å²) < 4.78 is 47.2. The number of rotatable bonds is 9. The average Bonchev–Trinajstić information content (AvgIpc) is 3.79. The number of nitrogens with one attached hydrogen (secondary N) is 2. The van der Waals surface area contributed by atoms with Crippen molar-refractivity contribution in [3.8, 4) is 17.2 Å². The minimum Gasteiger partial charge on any atom is -0.507 e. The van der Waals surface area contributed by atoms with Crippen LogP contribution in [0.2, 0.25) is 0 Å². The number of amides is 2. The number of methoxy groups -OCH3 is 2. The van der Waals surface area contributed by atoms with Gasteiger partial charge in [-0.3, -0.25) is 33.6 Å². The Morgan fingerprint density at radius 1 is 0.927 bits per heavy atom. The fourth-order valence-electron chi connectivity index (χ4n) is 11.7. The lowest BCUT2D eigenvalue weighted by atomic mass is 9.81. The molecule has 438 valence electrons. The van der Waals surface area contributed by atoms with Crippen molar-refractivity contribution in [1.82, 2.24) is 20.1 Å². The second-order valence-electron chi connectivity index (χ2n) is 22.2. The molecule has 2 aromatic carbocycles. The number of phenols is 1. The van der Waals surface area contributed by atoms with Gasteiger partial charge in [0.05, 0.1) is 71.2 Å². The molecule has 7 aliphatic rings. The third-order valence-corrected chi connectivity index (χ3v) is 16.6. The van der Waals surface area contributed by atoms with E-state index in [2.05, 4.69) is 10.6 Å². The third-order valence-electron chi connectivity index (χ3n) is 16.6. The van der Waals surface area contributed by atoms with Gasteiger partial charge in [-0.25, -0.2) is 9.18 Å². The zero-order valence-electron chi connectivity index (χ0n) is 46.7. The highest BCUT2D eigenvalue weighted by Crippen LogP contribution is 2.50. The van der Waals surface area contributed by atoms with E-state index in [1.54, 1.807) is 30.2 Å². The molecule has 0 spiro atoms. The number of nitrogens with two attached hydrogens (primary N) is 1. The number of Topliss-reactive ketones (excluding diaryl/α,β-unsaturated/α-hetero) is 3. The zero-order valence-corrected chi connectivity index (χ0v) is 46.7. The first-order chi connectivity index (χ1) is 38.7. The molecule has 1 saturated carbocycles. The number of aliphatic hydroxyl groups is 2. The number of benzene rings is 2. The molecule has 82 heavy (non-hydrogen) atoms. The van der Waals surface area contributed by atoms with E-state index >= 15 is 9.18 Å². The standard InChI is InChI=1S/C58H67FN6O17/c1-24-11-10-12-25(2)55(74)62-41-44(64-20-30(21-64)56(75)61-31-15-17-63(22-31)43-35(59)19-33-42(53(43)79-9)65(32-13-14-32)23-34(48(33)70)57(76)77)50(72)37-38(49(41)71)46(68)27(4)52-39(37)54(73)58(7,82-52)80-18-16-36(78-8)26(3)51(81-29(6)66)28(5)47(69)40(60)45(24)67/h10-12,16,18-19,23-24,26,28,30-32,36,40,45,47,51,67-69H,13-15,17,20-22,60H2,1-9H3,(H,61,75)(H,62,74)(H,76,77)/b11-10-,18-16+,25-12-/t24-,26+,28+,31?,36-,40+,45-,47-,51+,58-/m0/s1. The number of aliphatic hydroxyl groups excluding tert-OH is 2. The van der Waals surface area contributed by atoms with Crippen LogP contribution in [-0.2, 0) is 28.6 Å². The van der Waals surface area contributed by atoms with Crippen molar-refractivity contribution in [3.05, 3.63) is 104 Å². The lowest BCUT2D eigenvalue weighted by molar-refractivity contribution is -0.159. The Kier molecular flexibility index (Phi) is 16.1. The van der Waals surface area contributed by atoms with Gasteiger partial charge in [-0.2, -0.15) is 0 Å². The zero-order chi connectivity index (χ0) is 59.7. The highest BCUT2D eigenvalue weighted by molar-refractivity contribution is 6.32. The Morgan fingerprint density at radius 2 is 1.62 bits per heavy atom. The third kappa shape index (κ3) is 10.3. The highest BCUT2D eigenvalue weighted by atomic mass is 19.1. The maximum absolute atomic E-state index is 16.2. The second kappa shape index (κ2) is 22.4. The number of ketones is 3. The topological polar surface area (TPSA) is 325 Å². The number of carbonyl (C=O) groups is 7. The minimum atomic E-state index is -2.22. The first-order valence-corrected chi connectivity index (χ1v) is 27.0. The van der Waals surface area contributed by atoms with Gasteiger partial charge in [-0.1, -0.05) is 39.0 Å². The summed E-state index contributed by atoms with van der Waals surface area (Å²) in [5.41, 5.74) is 2.85. The van der Waals surface area contributed by atoms with Crippen LogP contribution >= 0.6 is 0 Å². The number of aromatic nitrogens is 1. The Bertz CT molecular complexity index is 3410. The van der Waals surface area contributed by atoms with E-state index in [9.17, 15) is 54.0 Å². The van der Waals surface area contributed by atoms with E-state index in [0.717, 1.165) is 12.3 Å². The van der Waals surface area contributed by atoms with Crippen LogP contribution in [0.25, 0.3) is 10.9 Å². The van der Waals surface area contributed by atoms with Crippen LogP contribution in [0.3, 0.4) is 0 Å². The van der Waals surface area contributed by atoms with Crippen LogP contribution in [0.5, 0.6) is 17.2 Å². The van der Waals surface area contributed by atoms with Gasteiger partial charge in [-0.15, -0.1) is 0 Å². The summed E-state index contributed by atoms with van der Waals surface area (Å²) in [6.07, 6.45) is 5.13. The van der Waals surface area contributed by atoms with E-state index in [-0.39, 0.29) is 82.7 Å². The van der Waals surface area contributed by atoms with Gasteiger partial charge in [0.25, 0.3) is 11.7 Å². The van der Waals surface area contributed by atoms with Crippen molar-refractivity contribution in [3.63, 3.8) is 0 Å². The lowest BCUT2D eigenvalue weighted by Gasteiger charge is -2.43. The SMILES string of the molecule is COc1c(N2CCC(NC(=O)C3CN(C4=C5NC(=O)/C(C)=C\C=C/[C@H](C)[C@H](O)[C@@H](N)[C@@H](O)[C@@H](C)[C@H](OC(C)=O)[C@H](C)[C@@H](OC)/C=C/O[C@@]6(C)Oc7c(C)c(O)c(c(c7C6=O)C4=O)C5=O)C3)C2)c(F)cc2c(=O)c(C(=O)O)cn(C3CC3)c12. The molecular formula is C58H67FN6O17. The molecule has 3 fully saturated rings. The number of fused-ring (bicyclic) bond motifs is 15. The smallest absolute Gasteiger partial charge is 0.341 e. The molecule has 0 radical (unpaired) electrons. The van der Waals surface area contributed by atoms with E-state index in [0.29, 0.717) is 19.3 Å². The molecule has 10 atom stereocenters. The Morgan fingerprint density at radius 3 is 2.26 bits per heavy atom. The molecule has 3 aromatic rings. The fraction of sp³-hybridized carbons (Fsp3) is 0.483. The number of nitrogens with zero attached hydrogens (tertiary/aromatic N) is 3. The summed E-state index contributed by atoms with van der Waals surface area (Å²) in [6.45, 7) is 10.1. The Hall–Kier alpha value is -7.93. The number of esters is 1. The average molecular weight is 1140 g/mol. The number of anilines is 1. The second-order valence-corrected chi connectivity index (χ2v) is 22.2. The Balaban J connectivity index is 1.02. The van der Waals surface area contributed by atoms with E-state index in [1.165, 1.54) is 77.3 Å². The number of carboxylic acid groups (broad SMARTS) is 1. The van der Waals surface area contributed by atoms with E-state index in [1.807, 2.05) is 0 Å². The van der Waals surface area contributed by atoms with Gasteiger partial charge in [-0.05, 0) is 45.3 Å². The fourth-order valence-corrected chi connectivity index (χ4v) is 11.7. The number of halogens is 1. The van der Waals surface area contributed by atoms with Gasteiger partial charge in [0.1, 0.15) is 40.2 Å². The lowest BCUT2D eigenvalue weighted by Crippen LogP contribution is -2.57. The molecule has 6 heterocycles. The summed E-state index contributed by atoms with van der Waals surface area (Å²) >= 11 is 0. The normalized spacial score (nSPS) is 29.6. The van der Waals surface area contributed by atoms with Crippen molar-refractivity contribution in [1.29, 1.82) is 0 Å². The predicted octanol–water partition coefficient (Wildman–Crippen LogP) is 3.47. The molecule has 2 amide bonds. The van der Waals surface area contributed by atoms with Gasteiger partial charge in [0, 0.05) is 94.3 Å². The number of aromatic hydroxyl groups is 1. The van der Waals surface area contributed by atoms with Gasteiger partial charge in [0.2, 0.25) is 22.9 Å². The molecule has 2 saturated heterocycles. The minimum absolute atomic E-state index is 0.00492. The molecule has 24 heteroatoms. The molecule has 10 rings (SSSR count).